The lowest BCUT2D eigenvalue weighted by atomic mass is 10.1. The average molecular weight is 400 g/mol. The Morgan fingerprint density at radius 3 is 2.62 bits per heavy atom. The Balaban J connectivity index is 1.74. The van der Waals surface area contributed by atoms with Crippen molar-refractivity contribution in [1.29, 1.82) is 0 Å². The molecule has 2 aromatic carbocycles. The first-order valence-corrected chi connectivity index (χ1v) is 9.21. The summed E-state index contributed by atoms with van der Waals surface area (Å²) in [5.41, 5.74) is 0.892. The third kappa shape index (κ3) is 4.62. The molecule has 29 heavy (non-hydrogen) atoms. The lowest BCUT2D eigenvalue weighted by molar-refractivity contribution is -0.135. The van der Waals surface area contributed by atoms with Crippen LogP contribution in [-0.4, -0.2) is 36.9 Å². The van der Waals surface area contributed by atoms with E-state index >= 15 is 0 Å². The van der Waals surface area contributed by atoms with Crippen molar-refractivity contribution in [1.82, 2.24) is 4.90 Å². The Morgan fingerprint density at radius 1 is 1.28 bits per heavy atom. The summed E-state index contributed by atoms with van der Waals surface area (Å²) in [6.07, 6.45) is 1.60. The van der Waals surface area contributed by atoms with E-state index in [0.717, 1.165) is 17.7 Å². The van der Waals surface area contributed by atoms with Crippen LogP contribution < -0.4 is 9.64 Å². The highest BCUT2D eigenvalue weighted by molar-refractivity contribution is 6.00. The van der Waals surface area contributed by atoms with E-state index in [1.807, 2.05) is 24.3 Å². The third-order valence-electron chi connectivity index (χ3n) is 4.87. The largest absolute Gasteiger partial charge is 0.497 e. The van der Waals surface area contributed by atoms with Crippen LogP contribution in [0.15, 0.2) is 55.1 Å². The molecule has 0 bridgehead atoms. The number of benzene rings is 2. The first-order chi connectivity index (χ1) is 13.9. The predicted molar refractivity (Wildman–Crippen MR) is 105 cm³/mol. The van der Waals surface area contributed by atoms with Crippen molar-refractivity contribution in [3.05, 3.63) is 72.3 Å². The van der Waals surface area contributed by atoms with Gasteiger partial charge in [-0.2, -0.15) is 0 Å². The SMILES string of the molecule is C=CCN(Cc1ccc(OC)cc1)C(=O)C1CC(=O)N(c2ccc(F)cc2F)C1. The van der Waals surface area contributed by atoms with Gasteiger partial charge in [0, 0.05) is 32.1 Å². The number of ether oxygens (including phenoxy) is 1. The van der Waals surface area contributed by atoms with Crippen molar-refractivity contribution in [2.45, 2.75) is 13.0 Å². The summed E-state index contributed by atoms with van der Waals surface area (Å²) in [5, 5.41) is 0. The van der Waals surface area contributed by atoms with Crippen LogP contribution in [0.4, 0.5) is 14.5 Å². The fraction of sp³-hybridized carbons (Fsp3) is 0.273. The second-order valence-corrected chi connectivity index (χ2v) is 6.86. The molecule has 0 radical (unpaired) electrons. The molecular formula is C22H22F2N2O3. The number of hydrogen-bond donors (Lipinski definition) is 0. The molecule has 5 nitrogen and oxygen atoms in total. The number of carbonyl (C=O) groups excluding carboxylic acids is 2. The van der Waals surface area contributed by atoms with Gasteiger partial charge in [0.25, 0.3) is 0 Å². The highest BCUT2D eigenvalue weighted by Crippen LogP contribution is 2.29. The molecule has 3 rings (SSSR count). The normalized spacial score (nSPS) is 16.0. The van der Waals surface area contributed by atoms with Gasteiger partial charge >= 0.3 is 0 Å². The van der Waals surface area contributed by atoms with Crippen LogP contribution in [0.1, 0.15) is 12.0 Å². The van der Waals surface area contributed by atoms with E-state index in [4.69, 9.17) is 4.74 Å². The van der Waals surface area contributed by atoms with Gasteiger partial charge in [0.1, 0.15) is 17.4 Å². The van der Waals surface area contributed by atoms with Gasteiger partial charge in [-0.15, -0.1) is 6.58 Å². The van der Waals surface area contributed by atoms with Crippen LogP contribution >= 0.6 is 0 Å². The Bertz CT molecular complexity index is 915. The fourth-order valence-corrected chi connectivity index (χ4v) is 3.40. The van der Waals surface area contributed by atoms with Crippen LogP contribution in [0.25, 0.3) is 0 Å². The molecule has 1 fully saturated rings. The smallest absolute Gasteiger partial charge is 0.228 e. The monoisotopic (exact) mass is 400 g/mol. The molecule has 0 aliphatic carbocycles. The van der Waals surface area contributed by atoms with Crippen LogP contribution in [0.2, 0.25) is 0 Å². The second-order valence-electron chi connectivity index (χ2n) is 6.86. The first-order valence-electron chi connectivity index (χ1n) is 9.21. The molecule has 2 aromatic rings. The average Bonchev–Trinajstić information content (AvgIpc) is 3.09. The van der Waals surface area contributed by atoms with Crippen molar-refractivity contribution in [3.63, 3.8) is 0 Å². The quantitative estimate of drug-likeness (QED) is 0.668. The number of halogens is 2. The lowest BCUT2D eigenvalue weighted by Crippen LogP contribution is -2.37. The summed E-state index contributed by atoms with van der Waals surface area (Å²) in [4.78, 5) is 28.3. The molecule has 1 heterocycles. The van der Waals surface area contributed by atoms with Gasteiger partial charge in [-0.3, -0.25) is 9.59 Å². The zero-order chi connectivity index (χ0) is 21.0. The number of rotatable bonds is 7. The molecule has 0 N–H and O–H groups in total. The fourth-order valence-electron chi connectivity index (χ4n) is 3.40. The minimum Gasteiger partial charge on any atom is -0.497 e. The first kappa shape index (κ1) is 20.5. The third-order valence-corrected chi connectivity index (χ3v) is 4.87. The van der Waals surface area contributed by atoms with Crippen LogP contribution in [0.5, 0.6) is 5.75 Å². The maximum Gasteiger partial charge on any atom is 0.228 e. The standard InChI is InChI=1S/C22H22F2N2O3/c1-3-10-25(13-15-4-7-18(29-2)8-5-15)22(28)16-11-21(27)26(14-16)20-9-6-17(23)12-19(20)24/h3-9,12,16H,1,10-11,13-14H2,2H3. The number of methoxy groups -OCH3 is 1. The van der Waals surface area contributed by atoms with Gasteiger partial charge in [-0.05, 0) is 29.8 Å². The Morgan fingerprint density at radius 2 is 2.00 bits per heavy atom. The van der Waals surface area contributed by atoms with Crippen molar-refractivity contribution in [2.24, 2.45) is 5.92 Å². The van der Waals surface area contributed by atoms with E-state index in [1.165, 1.54) is 11.0 Å². The number of hydrogen-bond acceptors (Lipinski definition) is 3. The van der Waals surface area contributed by atoms with Gasteiger partial charge in [-0.25, -0.2) is 8.78 Å². The van der Waals surface area contributed by atoms with Crippen LogP contribution in [0.3, 0.4) is 0 Å². The van der Waals surface area contributed by atoms with Crippen molar-refractivity contribution in [3.8, 4) is 5.75 Å². The molecule has 2 amide bonds. The molecule has 1 aliphatic rings. The molecule has 1 atom stereocenters. The second kappa shape index (κ2) is 8.86. The lowest BCUT2D eigenvalue weighted by Gasteiger charge is -2.25. The highest BCUT2D eigenvalue weighted by Gasteiger charge is 2.38. The molecule has 0 aromatic heterocycles. The maximum absolute atomic E-state index is 14.1. The summed E-state index contributed by atoms with van der Waals surface area (Å²) in [5.74, 6) is -2.01. The van der Waals surface area contributed by atoms with Gasteiger partial charge in [0.2, 0.25) is 11.8 Å². The molecule has 7 heteroatoms. The van der Waals surface area contributed by atoms with E-state index in [9.17, 15) is 18.4 Å². The summed E-state index contributed by atoms with van der Waals surface area (Å²) >= 11 is 0. The van der Waals surface area contributed by atoms with Gasteiger partial charge < -0.3 is 14.5 Å². The summed E-state index contributed by atoms with van der Waals surface area (Å²) < 4.78 is 32.4. The zero-order valence-electron chi connectivity index (χ0n) is 16.1. The Kier molecular flexibility index (Phi) is 6.26. The molecule has 1 saturated heterocycles. The maximum atomic E-state index is 14.1. The Hall–Kier alpha value is -3.22. The molecule has 1 unspecified atom stereocenters. The highest BCUT2D eigenvalue weighted by atomic mass is 19.1. The van der Waals surface area contributed by atoms with E-state index in [0.29, 0.717) is 18.8 Å². The number of nitrogens with zero attached hydrogens (tertiary/aromatic N) is 2. The summed E-state index contributed by atoms with van der Waals surface area (Å²) in [7, 11) is 1.58. The predicted octanol–water partition coefficient (Wildman–Crippen LogP) is 3.54. The molecular weight excluding hydrogens is 378 g/mol. The van der Waals surface area contributed by atoms with E-state index in [1.54, 1.807) is 18.1 Å². The molecule has 1 aliphatic heterocycles. The van der Waals surface area contributed by atoms with Gasteiger partial charge in [-0.1, -0.05) is 18.2 Å². The van der Waals surface area contributed by atoms with E-state index < -0.39 is 17.6 Å². The van der Waals surface area contributed by atoms with E-state index in [-0.39, 0.29) is 30.5 Å². The van der Waals surface area contributed by atoms with E-state index in [2.05, 4.69) is 6.58 Å². The Labute approximate surface area is 168 Å². The van der Waals surface area contributed by atoms with Crippen molar-refractivity contribution >= 4 is 17.5 Å². The van der Waals surface area contributed by atoms with Gasteiger partial charge in [0.05, 0.1) is 18.7 Å². The van der Waals surface area contributed by atoms with Crippen LogP contribution in [-0.2, 0) is 16.1 Å². The topological polar surface area (TPSA) is 49.9 Å². The van der Waals surface area contributed by atoms with Crippen LogP contribution in [0, 0.1) is 17.6 Å². The zero-order valence-corrected chi connectivity index (χ0v) is 16.1. The summed E-state index contributed by atoms with van der Waals surface area (Å²) in [6.45, 7) is 4.42. The minimum atomic E-state index is -0.826. The number of carbonyl (C=O) groups is 2. The van der Waals surface area contributed by atoms with Crippen molar-refractivity contribution in [2.75, 3.05) is 25.1 Å². The number of amides is 2. The molecule has 0 spiro atoms. The molecule has 152 valence electrons. The summed E-state index contributed by atoms with van der Waals surface area (Å²) in [6, 6.07) is 10.4. The van der Waals surface area contributed by atoms with Gasteiger partial charge in [0.15, 0.2) is 0 Å². The minimum absolute atomic E-state index is 0.0166. The number of anilines is 1. The van der Waals surface area contributed by atoms with Crippen molar-refractivity contribution < 1.29 is 23.1 Å². The molecule has 0 saturated carbocycles.